The third-order valence-corrected chi connectivity index (χ3v) is 7.71. The molecule has 1 aliphatic carbocycles. The zero-order valence-electron chi connectivity index (χ0n) is 18.4. The zero-order chi connectivity index (χ0) is 22.9. The molecule has 2 aromatic rings. The summed E-state index contributed by atoms with van der Waals surface area (Å²) < 4.78 is 21.9. The van der Waals surface area contributed by atoms with Crippen LogP contribution in [-0.4, -0.2) is 54.1 Å². The van der Waals surface area contributed by atoms with Crippen molar-refractivity contribution in [2.75, 3.05) is 27.1 Å². The van der Waals surface area contributed by atoms with E-state index in [1.165, 1.54) is 28.7 Å². The van der Waals surface area contributed by atoms with Gasteiger partial charge in [0.1, 0.15) is 11.8 Å². The molecular formula is C22H22N4O5S2. The molecule has 0 spiro atoms. The van der Waals surface area contributed by atoms with Crippen LogP contribution >= 0.6 is 23.5 Å². The van der Waals surface area contributed by atoms with Gasteiger partial charge in [-0.3, -0.25) is 4.79 Å². The van der Waals surface area contributed by atoms with Gasteiger partial charge in [0.25, 0.3) is 11.1 Å². The maximum absolute atomic E-state index is 12.7. The van der Waals surface area contributed by atoms with Crippen LogP contribution in [0.3, 0.4) is 0 Å². The highest BCUT2D eigenvalue weighted by atomic mass is 32.2. The van der Waals surface area contributed by atoms with E-state index in [2.05, 4.69) is 20.2 Å². The second-order valence-electron chi connectivity index (χ2n) is 7.58. The summed E-state index contributed by atoms with van der Waals surface area (Å²) in [4.78, 5) is 22.9. The third-order valence-electron chi connectivity index (χ3n) is 5.65. The van der Waals surface area contributed by atoms with Gasteiger partial charge in [0.05, 0.1) is 32.1 Å². The average molecular weight is 487 g/mol. The number of fused-ring (bicyclic) bond motifs is 2. The minimum Gasteiger partial charge on any atom is -0.493 e. The van der Waals surface area contributed by atoms with Crippen molar-refractivity contribution >= 4 is 40.3 Å². The Kier molecular flexibility index (Phi) is 6.15. The molecular weight excluding hydrogens is 464 g/mol. The number of amidine groups is 1. The number of amides is 1. The van der Waals surface area contributed by atoms with Gasteiger partial charge in [0.15, 0.2) is 11.5 Å². The fraction of sp³-hybridized carbons (Fsp3) is 0.409. The van der Waals surface area contributed by atoms with Gasteiger partial charge < -0.3 is 18.6 Å². The van der Waals surface area contributed by atoms with Crippen molar-refractivity contribution in [2.45, 2.75) is 30.9 Å². The zero-order valence-corrected chi connectivity index (χ0v) is 20.0. The molecule has 1 unspecified atom stereocenters. The Morgan fingerprint density at radius 1 is 1.06 bits per heavy atom. The van der Waals surface area contributed by atoms with E-state index in [0.29, 0.717) is 45.5 Å². The lowest BCUT2D eigenvalue weighted by atomic mass is 9.89. The van der Waals surface area contributed by atoms with Crippen molar-refractivity contribution in [3.63, 3.8) is 0 Å². The number of allylic oxidation sites excluding steroid dienone is 1. The SMILES string of the molecule is COc1cc(-c2nnc(SCC3=NC(=O)C4C(=N3)SC3=C4CCCC3)o2)cc(OC)c1OC. The quantitative estimate of drug-likeness (QED) is 0.527. The van der Waals surface area contributed by atoms with E-state index in [9.17, 15) is 4.79 Å². The van der Waals surface area contributed by atoms with Crippen molar-refractivity contribution in [1.82, 2.24) is 10.2 Å². The predicted octanol–water partition coefficient (Wildman–Crippen LogP) is 4.38. The first-order chi connectivity index (χ1) is 16.1. The maximum atomic E-state index is 12.7. The minimum absolute atomic E-state index is 0.112. The third kappa shape index (κ3) is 4.15. The number of carbonyl (C=O) groups is 1. The Morgan fingerprint density at radius 3 is 2.55 bits per heavy atom. The molecule has 172 valence electrons. The summed E-state index contributed by atoms with van der Waals surface area (Å²) in [5.74, 6) is 2.26. The number of hydrogen-bond acceptors (Lipinski definition) is 10. The highest BCUT2D eigenvalue weighted by molar-refractivity contribution is 8.17. The van der Waals surface area contributed by atoms with Crippen LogP contribution in [0, 0.1) is 5.92 Å². The summed E-state index contributed by atoms with van der Waals surface area (Å²) in [7, 11) is 4.63. The lowest BCUT2D eigenvalue weighted by Gasteiger charge is -2.18. The molecule has 0 N–H and O–H groups in total. The summed E-state index contributed by atoms with van der Waals surface area (Å²) in [6, 6.07) is 3.48. The largest absolute Gasteiger partial charge is 0.493 e. The Balaban J connectivity index is 1.30. The van der Waals surface area contributed by atoms with Crippen LogP contribution in [0.2, 0.25) is 0 Å². The lowest BCUT2D eigenvalue weighted by Crippen LogP contribution is -2.26. The predicted molar refractivity (Wildman–Crippen MR) is 127 cm³/mol. The Bertz CT molecular complexity index is 1180. The van der Waals surface area contributed by atoms with E-state index in [-0.39, 0.29) is 11.8 Å². The number of nitrogens with zero attached hydrogens (tertiary/aromatic N) is 4. The molecule has 1 atom stereocenters. The van der Waals surface area contributed by atoms with Crippen molar-refractivity contribution < 1.29 is 23.4 Å². The Morgan fingerprint density at radius 2 is 1.82 bits per heavy atom. The molecule has 0 fully saturated rings. The molecule has 33 heavy (non-hydrogen) atoms. The Labute approximate surface area is 199 Å². The Hall–Kier alpha value is -2.79. The highest BCUT2D eigenvalue weighted by Gasteiger charge is 2.40. The second-order valence-corrected chi connectivity index (χ2v) is 9.62. The van der Waals surface area contributed by atoms with Gasteiger partial charge in [-0.15, -0.1) is 10.2 Å². The van der Waals surface area contributed by atoms with Crippen LogP contribution in [0.1, 0.15) is 25.7 Å². The summed E-state index contributed by atoms with van der Waals surface area (Å²) >= 11 is 2.94. The number of benzene rings is 1. The first-order valence-corrected chi connectivity index (χ1v) is 12.3. The van der Waals surface area contributed by atoms with Crippen molar-refractivity contribution in [1.29, 1.82) is 0 Å². The summed E-state index contributed by atoms with van der Waals surface area (Å²) in [5, 5.41) is 9.45. The van der Waals surface area contributed by atoms with Crippen molar-refractivity contribution in [2.24, 2.45) is 15.9 Å². The maximum Gasteiger partial charge on any atom is 0.277 e. The normalized spacial score (nSPS) is 19.6. The molecule has 2 aliphatic heterocycles. The van der Waals surface area contributed by atoms with Gasteiger partial charge in [0, 0.05) is 5.56 Å². The fourth-order valence-corrected chi connectivity index (χ4v) is 6.10. The molecule has 1 aromatic carbocycles. The van der Waals surface area contributed by atoms with E-state index in [1.54, 1.807) is 45.2 Å². The monoisotopic (exact) mass is 486 g/mol. The van der Waals surface area contributed by atoms with E-state index in [4.69, 9.17) is 18.6 Å². The molecule has 11 heteroatoms. The molecule has 3 heterocycles. The lowest BCUT2D eigenvalue weighted by molar-refractivity contribution is -0.118. The smallest absolute Gasteiger partial charge is 0.277 e. The van der Waals surface area contributed by atoms with E-state index in [1.807, 2.05) is 0 Å². The molecule has 0 saturated carbocycles. The van der Waals surface area contributed by atoms with Crippen molar-refractivity contribution in [3.8, 4) is 28.7 Å². The molecule has 0 saturated heterocycles. The number of methoxy groups -OCH3 is 3. The average Bonchev–Trinajstić information content (AvgIpc) is 3.46. The van der Waals surface area contributed by atoms with Gasteiger partial charge in [-0.1, -0.05) is 23.5 Å². The molecule has 5 rings (SSSR count). The number of ether oxygens (including phenoxy) is 3. The van der Waals surface area contributed by atoms with Crippen LogP contribution in [0.4, 0.5) is 0 Å². The minimum atomic E-state index is -0.255. The van der Waals surface area contributed by atoms with Crippen LogP contribution in [0.25, 0.3) is 11.5 Å². The molecule has 0 bridgehead atoms. The number of aliphatic imine (C=N–C) groups is 2. The van der Waals surface area contributed by atoms with Gasteiger partial charge >= 0.3 is 0 Å². The van der Waals surface area contributed by atoms with Gasteiger partial charge in [0.2, 0.25) is 11.6 Å². The molecule has 1 amide bonds. The van der Waals surface area contributed by atoms with Crippen LogP contribution < -0.4 is 14.2 Å². The van der Waals surface area contributed by atoms with Gasteiger partial charge in [-0.25, -0.2) is 4.99 Å². The molecule has 3 aliphatic rings. The van der Waals surface area contributed by atoms with Gasteiger partial charge in [-0.05, 0) is 48.3 Å². The number of aromatic nitrogens is 2. The van der Waals surface area contributed by atoms with Gasteiger partial charge in [-0.2, -0.15) is 4.99 Å². The van der Waals surface area contributed by atoms with E-state index >= 15 is 0 Å². The standard InChI is InChI=1S/C22H22N4O5S2/c1-28-13-8-11(9-14(29-2)18(13)30-3)20-25-26-22(31-20)32-10-16-23-19(27)17-12-6-4-5-7-15(12)33-21(17)24-16/h8-9,17H,4-7,10H2,1-3H3. The first-order valence-electron chi connectivity index (χ1n) is 10.5. The van der Waals surface area contributed by atoms with Crippen LogP contribution in [0.5, 0.6) is 17.2 Å². The number of hydrogen-bond donors (Lipinski definition) is 0. The number of rotatable bonds is 7. The van der Waals surface area contributed by atoms with E-state index in [0.717, 1.165) is 24.3 Å². The van der Waals surface area contributed by atoms with Crippen LogP contribution in [-0.2, 0) is 4.79 Å². The first kappa shape index (κ1) is 22.0. The summed E-state index contributed by atoms with van der Waals surface area (Å²) in [5.41, 5.74) is 1.87. The molecule has 9 nitrogen and oxygen atoms in total. The summed E-state index contributed by atoms with van der Waals surface area (Å²) in [6.45, 7) is 0. The van der Waals surface area contributed by atoms with Crippen LogP contribution in [0.15, 0.2) is 42.2 Å². The molecule has 0 radical (unpaired) electrons. The second kappa shape index (κ2) is 9.22. The fourth-order valence-electron chi connectivity index (χ4n) is 4.12. The van der Waals surface area contributed by atoms with E-state index < -0.39 is 0 Å². The molecule has 1 aromatic heterocycles. The number of carbonyl (C=O) groups excluding carboxylic acids is 1. The summed E-state index contributed by atoms with van der Waals surface area (Å²) in [6.07, 6.45) is 4.32. The highest BCUT2D eigenvalue weighted by Crippen LogP contribution is 2.47. The topological polar surface area (TPSA) is 108 Å². The van der Waals surface area contributed by atoms with Crippen molar-refractivity contribution in [3.05, 3.63) is 22.6 Å². The number of thioether (sulfide) groups is 2.